The molecule has 16 heavy (non-hydrogen) atoms. The molecule has 1 N–H and O–H groups in total. The van der Waals surface area contributed by atoms with E-state index in [0.717, 1.165) is 19.1 Å². The highest BCUT2D eigenvalue weighted by molar-refractivity contribution is 6.06. The van der Waals surface area contributed by atoms with Gasteiger partial charge in [-0.25, -0.2) is 0 Å². The van der Waals surface area contributed by atoms with E-state index in [0.29, 0.717) is 23.1 Å². The molecule has 0 aromatic heterocycles. The van der Waals surface area contributed by atoms with Crippen LogP contribution in [0.15, 0.2) is 23.9 Å². The van der Waals surface area contributed by atoms with Crippen molar-refractivity contribution in [1.29, 1.82) is 5.41 Å². The Bertz CT molecular complexity index is 325. The smallest absolute Gasteiger partial charge is 0.166 e. The Kier molecular flexibility index (Phi) is 4.47. The van der Waals surface area contributed by atoms with E-state index < -0.39 is 0 Å². The summed E-state index contributed by atoms with van der Waals surface area (Å²) in [4.78, 5) is 12.7. The lowest BCUT2D eigenvalue weighted by Gasteiger charge is -2.26. The van der Waals surface area contributed by atoms with E-state index >= 15 is 0 Å². The second kappa shape index (κ2) is 5.64. The molecule has 1 aliphatic carbocycles. The number of nitrogens with zero attached hydrogens (tertiary/aromatic N) is 1. The van der Waals surface area contributed by atoms with Gasteiger partial charge in [-0.05, 0) is 18.9 Å². The van der Waals surface area contributed by atoms with Gasteiger partial charge in [0.1, 0.15) is 5.84 Å². The van der Waals surface area contributed by atoms with Crippen LogP contribution < -0.4 is 0 Å². The average molecular weight is 220 g/mol. The molecule has 1 fully saturated rings. The van der Waals surface area contributed by atoms with Gasteiger partial charge >= 0.3 is 0 Å². The molecular weight excluding hydrogens is 200 g/mol. The van der Waals surface area contributed by atoms with Crippen LogP contribution in [0.2, 0.25) is 0 Å². The van der Waals surface area contributed by atoms with Crippen molar-refractivity contribution >= 4 is 12.1 Å². The van der Waals surface area contributed by atoms with Crippen molar-refractivity contribution in [2.45, 2.75) is 45.6 Å². The summed E-state index contributed by atoms with van der Waals surface area (Å²) in [7, 11) is 0. The number of hydrogen-bond donors (Lipinski definition) is 1. The zero-order chi connectivity index (χ0) is 12.1. The highest BCUT2D eigenvalue weighted by atomic mass is 16.1. The monoisotopic (exact) mass is 220 g/mol. The Morgan fingerprint density at radius 2 is 2.00 bits per heavy atom. The molecule has 0 amide bonds. The molecule has 1 heterocycles. The van der Waals surface area contributed by atoms with Gasteiger partial charge in [0.05, 0.1) is 5.70 Å². The molecule has 0 saturated heterocycles. The lowest BCUT2D eigenvalue weighted by molar-refractivity contribution is -0.105. The van der Waals surface area contributed by atoms with E-state index in [2.05, 4.69) is 6.58 Å². The Hall–Kier alpha value is -1.38. The lowest BCUT2D eigenvalue weighted by atomic mass is 10.2. The molecule has 3 heteroatoms. The fraction of sp³-hybridized carbons (Fsp3) is 0.538. The number of carbonyl (C=O) groups is 1. The van der Waals surface area contributed by atoms with Crippen molar-refractivity contribution in [2.75, 3.05) is 0 Å². The van der Waals surface area contributed by atoms with Crippen molar-refractivity contribution in [1.82, 2.24) is 4.90 Å². The third kappa shape index (κ3) is 2.23. The molecule has 0 unspecified atom stereocenters. The van der Waals surface area contributed by atoms with Gasteiger partial charge in [-0.3, -0.25) is 10.2 Å². The highest BCUT2D eigenvalue weighted by Crippen LogP contribution is 2.30. The first kappa shape index (κ1) is 12.7. The second-order valence-corrected chi connectivity index (χ2v) is 3.87. The standard InChI is InChI=1S/C11H14N2O.C2H6/c1-8-6-10(7-14)13(11(8)12)9-4-2-3-5-9;1-2/h6-7,9,12H,1-5H2;1-2H3. The normalized spacial score (nSPS) is 20.6. The minimum Gasteiger partial charge on any atom is -0.320 e. The highest BCUT2D eigenvalue weighted by Gasteiger charge is 2.31. The minimum atomic E-state index is 0.346. The lowest BCUT2D eigenvalue weighted by Crippen LogP contribution is -2.34. The Labute approximate surface area is 97.3 Å². The van der Waals surface area contributed by atoms with E-state index in [1.807, 2.05) is 18.7 Å². The third-order valence-corrected chi connectivity index (χ3v) is 2.96. The van der Waals surface area contributed by atoms with Gasteiger partial charge < -0.3 is 4.90 Å². The third-order valence-electron chi connectivity index (χ3n) is 2.96. The number of allylic oxidation sites excluding steroid dienone is 1. The molecule has 2 aliphatic rings. The first-order chi connectivity index (χ1) is 7.74. The van der Waals surface area contributed by atoms with Crippen LogP contribution in [0.4, 0.5) is 0 Å². The van der Waals surface area contributed by atoms with Crippen molar-refractivity contribution in [3.05, 3.63) is 23.9 Å². The molecule has 0 atom stereocenters. The summed E-state index contributed by atoms with van der Waals surface area (Å²) in [5, 5.41) is 7.83. The fourth-order valence-electron chi connectivity index (χ4n) is 2.25. The van der Waals surface area contributed by atoms with Crippen LogP contribution in [0.1, 0.15) is 39.5 Å². The Morgan fingerprint density at radius 3 is 2.50 bits per heavy atom. The van der Waals surface area contributed by atoms with Gasteiger partial charge in [0.25, 0.3) is 0 Å². The van der Waals surface area contributed by atoms with Crippen molar-refractivity contribution < 1.29 is 4.79 Å². The van der Waals surface area contributed by atoms with Gasteiger partial charge in [-0.1, -0.05) is 33.3 Å². The number of hydrogen-bond acceptors (Lipinski definition) is 2. The second-order valence-electron chi connectivity index (χ2n) is 3.87. The number of aldehydes is 1. The number of nitrogens with one attached hydrogen (secondary N) is 1. The first-order valence-corrected chi connectivity index (χ1v) is 5.98. The Morgan fingerprint density at radius 1 is 1.44 bits per heavy atom. The largest absolute Gasteiger partial charge is 0.320 e. The molecule has 0 aromatic rings. The van der Waals surface area contributed by atoms with E-state index in [4.69, 9.17) is 5.41 Å². The maximum atomic E-state index is 10.8. The summed E-state index contributed by atoms with van der Waals surface area (Å²) in [6.07, 6.45) is 7.10. The molecule has 0 spiro atoms. The maximum Gasteiger partial charge on any atom is 0.166 e. The molecular formula is C13H20N2O. The van der Waals surface area contributed by atoms with Crippen molar-refractivity contribution in [3.63, 3.8) is 0 Å². The van der Waals surface area contributed by atoms with E-state index in [1.165, 1.54) is 12.8 Å². The zero-order valence-electron chi connectivity index (χ0n) is 10.1. The summed E-state index contributed by atoms with van der Waals surface area (Å²) in [6.45, 7) is 7.75. The average Bonchev–Trinajstić information content (AvgIpc) is 2.91. The predicted octanol–water partition coefficient (Wildman–Crippen LogP) is 2.89. The van der Waals surface area contributed by atoms with Crippen molar-refractivity contribution in [2.24, 2.45) is 0 Å². The zero-order valence-corrected chi connectivity index (χ0v) is 10.1. The number of carbonyl (C=O) groups excluding carboxylic acids is 1. The van der Waals surface area contributed by atoms with Crippen LogP contribution in [0.5, 0.6) is 0 Å². The SMILES string of the molecule is C=C1C=C(C=O)N(C2CCCC2)C1=N.CC. The van der Waals surface area contributed by atoms with Crippen LogP contribution in [0.3, 0.4) is 0 Å². The molecule has 2 rings (SSSR count). The van der Waals surface area contributed by atoms with Crippen LogP contribution >= 0.6 is 0 Å². The van der Waals surface area contributed by atoms with Gasteiger partial charge in [0.15, 0.2) is 6.29 Å². The summed E-state index contributed by atoms with van der Waals surface area (Å²) in [5.41, 5.74) is 1.26. The summed E-state index contributed by atoms with van der Waals surface area (Å²) in [6, 6.07) is 0.346. The Balaban J connectivity index is 0.000000606. The predicted molar refractivity (Wildman–Crippen MR) is 66.5 cm³/mol. The molecule has 3 nitrogen and oxygen atoms in total. The number of amidine groups is 1. The molecule has 88 valence electrons. The minimum absolute atomic E-state index is 0.346. The fourth-order valence-corrected chi connectivity index (χ4v) is 2.25. The molecule has 0 bridgehead atoms. The molecule has 0 radical (unpaired) electrons. The van der Waals surface area contributed by atoms with Crippen LogP contribution in [-0.4, -0.2) is 23.1 Å². The van der Waals surface area contributed by atoms with E-state index in [9.17, 15) is 4.79 Å². The summed E-state index contributed by atoms with van der Waals surface area (Å²) < 4.78 is 0. The quantitative estimate of drug-likeness (QED) is 0.727. The van der Waals surface area contributed by atoms with E-state index in [-0.39, 0.29) is 0 Å². The molecule has 1 saturated carbocycles. The number of rotatable bonds is 2. The summed E-state index contributed by atoms with van der Waals surface area (Å²) in [5.74, 6) is 0.402. The van der Waals surface area contributed by atoms with Crippen LogP contribution in [0.25, 0.3) is 0 Å². The maximum absolute atomic E-state index is 10.8. The summed E-state index contributed by atoms with van der Waals surface area (Å²) >= 11 is 0. The van der Waals surface area contributed by atoms with Gasteiger partial charge in [0.2, 0.25) is 0 Å². The van der Waals surface area contributed by atoms with E-state index in [1.54, 1.807) is 6.08 Å². The van der Waals surface area contributed by atoms with Gasteiger partial charge in [-0.2, -0.15) is 0 Å². The molecule has 0 aromatic carbocycles. The van der Waals surface area contributed by atoms with Crippen molar-refractivity contribution in [3.8, 4) is 0 Å². The van der Waals surface area contributed by atoms with Gasteiger partial charge in [0, 0.05) is 11.6 Å². The topological polar surface area (TPSA) is 44.2 Å². The van der Waals surface area contributed by atoms with Gasteiger partial charge in [-0.15, -0.1) is 0 Å². The van der Waals surface area contributed by atoms with Crippen LogP contribution in [-0.2, 0) is 4.79 Å². The molecule has 1 aliphatic heterocycles. The first-order valence-electron chi connectivity index (χ1n) is 5.98. The van der Waals surface area contributed by atoms with Crippen LogP contribution in [0, 0.1) is 5.41 Å².